The van der Waals surface area contributed by atoms with E-state index in [-0.39, 0.29) is 12.5 Å². The largest absolute Gasteiger partial charge is 0.309 e. The fourth-order valence-corrected chi connectivity index (χ4v) is 3.93. The van der Waals surface area contributed by atoms with E-state index >= 15 is 0 Å². The van der Waals surface area contributed by atoms with Crippen molar-refractivity contribution in [2.75, 3.05) is 32.1 Å². The van der Waals surface area contributed by atoms with E-state index in [0.717, 1.165) is 33.9 Å². The van der Waals surface area contributed by atoms with Gasteiger partial charge in [-0.15, -0.1) is 0 Å². The van der Waals surface area contributed by atoms with Crippen LogP contribution in [0.25, 0.3) is 10.2 Å². The summed E-state index contributed by atoms with van der Waals surface area (Å²) in [5.41, 5.74) is 3.30. The molecule has 3 rings (SSSR count). The number of aromatic nitrogens is 4. The molecule has 138 valence electrons. The maximum absolute atomic E-state index is 12.9. The summed E-state index contributed by atoms with van der Waals surface area (Å²) in [5, 5.41) is 4.80. The van der Waals surface area contributed by atoms with Gasteiger partial charge in [0.25, 0.3) is 5.91 Å². The van der Waals surface area contributed by atoms with Gasteiger partial charge in [0.15, 0.2) is 5.13 Å². The van der Waals surface area contributed by atoms with Gasteiger partial charge in [0, 0.05) is 6.54 Å². The molecule has 0 atom stereocenters. The molecule has 0 saturated carbocycles. The number of thiazole rings is 1. The van der Waals surface area contributed by atoms with Crippen LogP contribution >= 0.6 is 11.3 Å². The topological polar surface area (TPSA) is 67.2 Å². The van der Waals surface area contributed by atoms with Crippen molar-refractivity contribution in [1.29, 1.82) is 0 Å². The smallest absolute Gasteiger partial charge is 0.250 e. The summed E-state index contributed by atoms with van der Waals surface area (Å²) in [7, 11) is 4.07. The number of fused-ring (bicyclic) bond motifs is 1. The van der Waals surface area contributed by atoms with E-state index in [1.54, 1.807) is 27.2 Å². The molecule has 0 aliphatic rings. The van der Waals surface area contributed by atoms with Crippen LogP contribution in [0.15, 0.2) is 24.8 Å². The molecule has 0 fully saturated rings. The van der Waals surface area contributed by atoms with Gasteiger partial charge in [-0.25, -0.2) is 14.6 Å². The minimum absolute atomic E-state index is 0.0244. The zero-order valence-electron chi connectivity index (χ0n) is 15.6. The van der Waals surface area contributed by atoms with Crippen LogP contribution in [0.3, 0.4) is 0 Å². The highest BCUT2D eigenvalue weighted by molar-refractivity contribution is 7.22. The van der Waals surface area contributed by atoms with E-state index in [1.165, 1.54) is 11.9 Å². The second kappa shape index (κ2) is 7.92. The zero-order valence-corrected chi connectivity index (χ0v) is 16.5. The second-order valence-corrected chi connectivity index (χ2v) is 7.65. The van der Waals surface area contributed by atoms with Gasteiger partial charge in [0.05, 0.1) is 10.2 Å². The van der Waals surface area contributed by atoms with E-state index in [9.17, 15) is 4.79 Å². The Balaban J connectivity index is 1.90. The molecule has 8 heteroatoms. The third-order valence-electron chi connectivity index (χ3n) is 4.21. The number of rotatable bonds is 7. The van der Waals surface area contributed by atoms with Crippen LogP contribution in [0.4, 0.5) is 5.13 Å². The molecular weight excluding hydrogens is 348 g/mol. The highest BCUT2D eigenvalue weighted by atomic mass is 32.1. The molecule has 0 radical (unpaired) electrons. The molecule has 0 spiro atoms. The monoisotopic (exact) mass is 372 g/mol. The third-order valence-corrected chi connectivity index (χ3v) is 5.43. The predicted molar refractivity (Wildman–Crippen MR) is 105 cm³/mol. The SMILES string of the molecule is Cc1ccc(C)c2sc(N(CCCN(C)C)C(=O)Cn3cncn3)nc12. The minimum Gasteiger partial charge on any atom is -0.309 e. The fraction of sp³-hybridized carbons (Fsp3) is 0.444. The van der Waals surface area contributed by atoms with Gasteiger partial charge in [-0.3, -0.25) is 9.69 Å². The van der Waals surface area contributed by atoms with Gasteiger partial charge in [-0.1, -0.05) is 23.5 Å². The normalized spacial score (nSPS) is 11.4. The highest BCUT2D eigenvalue weighted by Gasteiger charge is 2.21. The Hall–Kier alpha value is -2.32. The van der Waals surface area contributed by atoms with Crippen LogP contribution < -0.4 is 4.90 Å². The zero-order chi connectivity index (χ0) is 18.7. The second-order valence-electron chi connectivity index (χ2n) is 6.67. The number of carbonyl (C=O) groups is 1. The first-order valence-corrected chi connectivity index (χ1v) is 9.41. The number of hydrogen-bond donors (Lipinski definition) is 0. The van der Waals surface area contributed by atoms with Crippen LogP contribution in [-0.4, -0.2) is 57.7 Å². The minimum atomic E-state index is -0.0244. The average Bonchev–Trinajstić information content (AvgIpc) is 3.25. The van der Waals surface area contributed by atoms with Gasteiger partial charge in [-0.2, -0.15) is 5.10 Å². The standard InChI is InChI=1S/C18H24N6OS/c1-13-6-7-14(2)17-16(13)21-18(26-17)24(9-5-8-22(3)4)15(25)10-23-12-19-11-20-23/h6-7,11-12H,5,8-10H2,1-4H3. The number of amides is 1. The lowest BCUT2D eigenvalue weighted by molar-refractivity contribution is -0.119. The van der Waals surface area contributed by atoms with Crippen molar-refractivity contribution >= 4 is 32.6 Å². The summed E-state index contributed by atoms with van der Waals surface area (Å²) in [5.74, 6) is -0.0244. The van der Waals surface area contributed by atoms with Crippen molar-refractivity contribution in [2.24, 2.45) is 0 Å². The molecule has 2 aromatic heterocycles. The summed E-state index contributed by atoms with van der Waals surface area (Å²) in [6, 6.07) is 4.18. The van der Waals surface area contributed by atoms with E-state index in [4.69, 9.17) is 4.98 Å². The summed E-state index contributed by atoms with van der Waals surface area (Å²) < 4.78 is 2.69. The molecule has 2 heterocycles. The molecule has 3 aromatic rings. The Kier molecular flexibility index (Phi) is 5.63. The van der Waals surface area contributed by atoms with Crippen LogP contribution in [0.5, 0.6) is 0 Å². The molecule has 0 N–H and O–H groups in total. The summed E-state index contributed by atoms with van der Waals surface area (Å²) in [6.07, 6.45) is 3.88. The van der Waals surface area contributed by atoms with Gasteiger partial charge < -0.3 is 4.90 Å². The van der Waals surface area contributed by atoms with Gasteiger partial charge in [-0.05, 0) is 52.0 Å². The fourth-order valence-electron chi connectivity index (χ4n) is 2.77. The quantitative estimate of drug-likeness (QED) is 0.637. The highest BCUT2D eigenvalue weighted by Crippen LogP contribution is 2.33. The third kappa shape index (κ3) is 4.08. The van der Waals surface area contributed by atoms with E-state index < -0.39 is 0 Å². The average molecular weight is 372 g/mol. The predicted octanol–water partition coefficient (Wildman–Crippen LogP) is 2.49. The summed E-state index contributed by atoms with van der Waals surface area (Å²) in [4.78, 5) is 25.5. The molecule has 0 aliphatic carbocycles. The van der Waals surface area contributed by atoms with E-state index in [1.807, 2.05) is 14.1 Å². The Labute approximate surface area is 157 Å². The Morgan fingerprint density at radius 3 is 2.62 bits per heavy atom. The summed E-state index contributed by atoms with van der Waals surface area (Å²) >= 11 is 1.58. The molecule has 7 nitrogen and oxygen atoms in total. The molecule has 1 amide bonds. The molecule has 0 unspecified atom stereocenters. The lowest BCUT2D eigenvalue weighted by Gasteiger charge is -2.20. The molecular formula is C18H24N6OS. The van der Waals surface area contributed by atoms with Crippen LogP contribution in [-0.2, 0) is 11.3 Å². The molecule has 0 aliphatic heterocycles. The van der Waals surface area contributed by atoms with Crippen molar-refractivity contribution in [3.05, 3.63) is 35.9 Å². The number of nitrogens with zero attached hydrogens (tertiary/aromatic N) is 6. The van der Waals surface area contributed by atoms with Crippen LogP contribution in [0.1, 0.15) is 17.5 Å². The molecule has 0 saturated heterocycles. The van der Waals surface area contributed by atoms with Crippen molar-refractivity contribution < 1.29 is 4.79 Å². The molecule has 1 aromatic carbocycles. The van der Waals surface area contributed by atoms with Gasteiger partial charge in [0.2, 0.25) is 0 Å². The lowest BCUT2D eigenvalue weighted by Crippen LogP contribution is -2.36. The number of anilines is 1. The van der Waals surface area contributed by atoms with Crippen molar-refractivity contribution in [3.8, 4) is 0 Å². The first-order valence-electron chi connectivity index (χ1n) is 8.60. The van der Waals surface area contributed by atoms with Gasteiger partial charge in [0.1, 0.15) is 19.2 Å². The molecule has 26 heavy (non-hydrogen) atoms. The van der Waals surface area contributed by atoms with Crippen molar-refractivity contribution in [3.63, 3.8) is 0 Å². The first kappa shape index (κ1) is 18.5. The Bertz CT molecular complexity index is 848. The first-order chi connectivity index (χ1) is 12.5. The Morgan fingerprint density at radius 1 is 1.19 bits per heavy atom. The van der Waals surface area contributed by atoms with Crippen molar-refractivity contribution in [1.82, 2.24) is 24.6 Å². The van der Waals surface area contributed by atoms with E-state index in [0.29, 0.717) is 6.54 Å². The maximum atomic E-state index is 12.9. The van der Waals surface area contributed by atoms with Crippen LogP contribution in [0, 0.1) is 13.8 Å². The lowest BCUT2D eigenvalue weighted by atomic mass is 10.1. The Morgan fingerprint density at radius 2 is 1.96 bits per heavy atom. The van der Waals surface area contributed by atoms with Crippen molar-refractivity contribution in [2.45, 2.75) is 26.8 Å². The number of benzene rings is 1. The number of aryl methyl sites for hydroxylation is 2. The maximum Gasteiger partial charge on any atom is 0.250 e. The van der Waals surface area contributed by atoms with Crippen LogP contribution in [0.2, 0.25) is 0 Å². The summed E-state index contributed by atoms with van der Waals surface area (Å²) in [6.45, 7) is 5.84. The molecule has 0 bridgehead atoms. The number of hydrogen-bond acceptors (Lipinski definition) is 6. The number of carbonyl (C=O) groups excluding carboxylic acids is 1. The van der Waals surface area contributed by atoms with E-state index in [2.05, 4.69) is 41.0 Å². The van der Waals surface area contributed by atoms with Gasteiger partial charge >= 0.3 is 0 Å².